The maximum absolute atomic E-state index is 13.3. The van der Waals surface area contributed by atoms with E-state index >= 15 is 0 Å². The average Bonchev–Trinajstić information content (AvgIpc) is 3.10. The molecule has 0 radical (unpaired) electrons. The Bertz CT molecular complexity index is 1750. The molecule has 12 nitrogen and oxygen atoms in total. The van der Waals surface area contributed by atoms with Crippen molar-refractivity contribution in [3.63, 3.8) is 0 Å². The number of nitrogens with one attached hydrogen (secondary N) is 1. The van der Waals surface area contributed by atoms with E-state index in [2.05, 4.69) is 27.1 Å². The molecule has 1 atom stereocenters. The summed E-state index contributed by atoms with van der Waals surface area (Å²) >= 11 is 0. The van der Waals surface area contributed by atoms with Gasteiger partial charge >= 0.3 is 6.09 Å². The number of nitrogens with zero attached hydrogens (tertiary/aromatic N) is 5. The summed E-state index contributed by atoms with van der Waals surface area (Å²) in [5, 5.41) is 14.0. The van der Waals surface area contributed by atoms with Gasteiger partial charge in [-0.25, -0.2) is 14.7 Å². The van der Waals surface area contributed by atoms with E-state index in [0.29, 0.717) is 40.9 Å². The Kier molecular flexibility index (Phi) is 12.0. The summed E-state index contributed by atoms with van der Waals surface area (Å²) in [6.07, 6.45) is 1.25. The van der Waals surface area contributed by atoms with Crippen molar-refractivity contribution in [2.45, 2.75) is 33.2 Å². The summed E-state index contributed by atoms with van der Waals surface area (Å²) in [7, 11) is 6.89. The number of benzene rings is 3. The number of piperazine rings is 1. The number of methoxy groups -OCH3 is 3. The van der Waals surface area contributed by atoms with Crippen LogP contribution in [-0.2, 0) is 0 Å². The first-order chi connectivity index (χ1) is 24.1. The summed E-state index contributed by atoms with van der Waals surface area (Å²) < 4.78 is 23.1. The number of carboxylic acid groups (broad SMARTS) is 1. The fourth-order valence-corrected chi connectivity index (χ4v) is 6.52. The molecule has 2 heterocycles. The summed E-state index contributed by atoms with van der Waals surface area (Å²) in [5.41, 5.74) is 5.03. The van der Waals surface area contributed by atoms with Crippen molar-refractivity contribution in [2.75, 3.05) is 77.9 Å². The van der Waals surface area contributed by atoms with Gasteiger partial charge in [0, 0.05) is 56.2 Å². The van der Waals surface area contributed by atoms with Gasteiger partial charge < -0.3 is 39.2 Å². The maximum atomic E-state index is 13.3. The fourth-order valence-electron chi connectivity index (χ4n) is 6.52. The molecule has 1 aliphatic heterocycles. The van der Waals surface area contributed by atoms with Crippen molar-refractivity contribution in [1.82, 2.24) is 19.8 Å². The number of amides is 1. The lowest BCUT2D eigenvalue weighted by molar-refractivity contribution is 0.145. The van der Waals surface area contributed by atoms with Crippen LogP contribution >= 0.6 is 0 Å². The predicted octanol–water partition coefficient (Wildman–Crippen LogP) is 6.46. The number of likely N-dealkylation sites (N-methyl/N-ethyl adjacent to an activating group) is 1. The van der Waals surface area contributed by atoms with Crippen LogP contribution in [-0.4, -0.2) is 98.7 Å². The molecule has 1 unspecified atom stereocenters. The third kappa shape index (κ3) is 8.55. The van der Waals surface area contributed by atoms with Crippen molar-refractivity contribution >= 4 is 23.5 Å². The highest BCUT2D eigenvalue weighted by molar-refractivity contribution is 5.87. The Balaban J connectivity index is 1.42. The lowest BCUT2D eigenvalue weighted by Crippen LogP contribution is -2.44. The van der Waals surface area contributed by atoms with Gasteiger partial charge in [-0.15, -0.1) is 0 Å². The minimum Gasteiger partial charge on any atom is -0.497 e. The molecule has 0 spiro atoms. The van der Waals surface area contributed by atoms with E-state index in [4.69, 9.17) is 23.9 Å². The van der Waals surface area contributed by atoms with Crippen molar-refractivity contribution < 1.29 is 28.8 Å². The van der Waals surface area contributed by atoms with E-state index in [1.807, 2.05) is 51.1 Å². The molecule has 12 heteroatoms. The molecule has 2 N–H and O–H groups in total. The van der Waals surface area contributed by atoms with Gasteiger partial charge in [-0.1, -0.05) is 17.7 Å². The number of anilines is 3. The molecule has 1 aromatic heterocycles. The molecule has 0 saturated carbocycles. The van der Waals surface area contributed by atoms with Gasteiger partial charge in [0.25, 0.3) is 0 Å². The monoisotopic (exact) mass is 684 g/mol. The number of rotatable bonds is 14. The third-order valence-corrected chi connectivity index (χ3v) is 8.99. The molecule has 0 bridgehead atoms. The van der Waals surface area contributed by atoms with Crippen LogP contribution in [0.25, 0.3) is 0 Å². The van der Waals surface area contributed by atoms with Gasteiger partial charge in [0.05, 0.1) is 34.0 Å². The molecular weight excluding hydrogens is 636 g/mol. The number of hydrogen-bond acceptors (Lipinski definition) is 10. The Hall–Kier alpha value is -5.07. The minimum absolute atomic E-state index is 0.177. The van der Waals surface area contributed by atoms with Crippen molar-refractivity contribution in [1.29, 1.82) is 0 Å². The van der Waals surface area contributed by atoms with Crippen molar-refractivity contribution in [2.24, 2.45) is 0 Å². The zero-order valence-electron chi connectivity index (χ0n) is 30.0. The number of aromatic nitrogens is 2. The Labute approximate surface area is 294 Å². The topological polar surface area (TPSA) is 122 Å². The van der Waals surface area contributed by atoms with E-state index in [1.54, 1.807) is 45.6 Å². The lowest BCUT2D eigenvalue weighted by atomic mass is 9.88. The van der Waals surface area contributed by atoms with Gasteiger partial charge in [-0.3, -0.25) is 0 Å². The molecule has 1 aliphatic rings. The van der Waals surface area contributed by atoms with Gasteiger partial charge in [0.15, 0.2) is 11.5 Å². The number of aryl methyl sites for hydroxylation is 3. The predicted molar refractivity (Wildman–Crippen MR) is 195 cm³/mol. The smallest absolute Gasteiger partial charge is 0.413 e. The van der Waals surface area contributed by atoms with Crippen molar-refractivity contribution in [3.8, 4) is 23.0 Å². The fraction of sp³-hybridized carbons (Fsp3) is 0.395. The van der Waals surface area contributed by atoms with Crippen LogP contribution in [0.4, 0.5) is 22.2 Å². The molecular formula is C38H48N6O6. The zero-order chi connectivity index (χ0) is 35.8. The quantitative estimate of drug-likeness (QED) is 0.142. The van der Waals surface area contributed by atoms with Crippen LogP contribution in [0.1, 0.15) is 40.3 Å². The van der Waals surface area contributed by atoms with E-state index in [0.717, 1.165) is 61.4 Å². The SMILES string of the molecule is COc1ccc(OC)c(C(c2c(C)cc(C)cc2C)N(C(=O)O)c2ccnc(Nc3ccc(OCCCN4CCN(C)CC4)c(OC)c3)n2)c1. The number of hydrogen-bond donors (Lipinski definition) is 2. The van der Waals surface area contributed by atoms with Crippen LogP contribution in [0.5, 0.6) is 23.0 Å². The molecule has 1 fully saturated rings. The summed E-state index contributed by atoms with van der Waals surface area (Å²) in [6.45, 7) is 11.9. The van der Waals surface area contributed by atoms with Gasteiger partial charge in [-0.05, 0) is 87.3 Å². The summed E-state index contributed by atoms with van der Waals surface area (Å²) in [4.78, 5) is 28.4. The normalized spacial score (nSPS) is 14.1. The highest BCUT2D eigenvalue weighted by Crippen LogP contribution is 2.42. The minimum atomic E-state index is -1.19. The second kappa shape index (κ2) is 16.6. The average molecular weight is 685 g/mol. The lowest BCUT2D eigenvalue weighted by Gasteiger charge is -2.33. The van der Waals surface area contributed by atoms with Gasteiger partial charge in [0.1, 0.15) is 17.3 Å². The first-order valence-electron chi connectivity index (χ1n) is 16.8. The van der Waals surface area contributed by atoms with Gasteiger partial charge in [0.2, 0.25) is 5.95 Å². The highest BCUT2D eigenvalue weighted by atomic mass is 16.5. The molecule has 4 aromatic rings. The Morgan fingerprint density at radius 1 is 0.900 bits per heavy atom. The molecule has 266 valence electrons. The second-order valence-electron chi connectivity index (χ2n) is 12.6. The second-order valence-corrected chi connectivity index (χ2v) is 12.6. The first kappa shape index (κ1) is 36.2. The Morgan fingerprint density at radius 2 is 1.60 bits per heavy atom. The molecule has 0 aliphatic carbocycles. The van der Waals surface area contributed by atoms with Crippen molar-refractivity contribution in [3.05, 3.63) is 88.6 Å². The standard InChI is InChI=1S/C38H48N6O6/c1-25-21-26(2)35(27(3)22-25)36(30-24-29(47-5)10-12-31(30)48-6)44(38(45)46)34-13-14-39-37(41-34)40-28-9-11-32(33(23-28)49-7)50-20-8-15-43-18-16-42(4)17-19-43/h9-14,21-24,36H,8,15-20H2,1-7H3,(H,45,46)(H,39,40,41). The van der Waals surface area contributed by atoms with Crippen LogP contribution in [0.3, 0.4) is 0 Å². The Morgan fingerprint density at radius 3 is 2.26 bits per heavy atom. The molecule has 50 heavy (non-hydrogen) atoms. The van der Waals surface area contributed by atoms with E-state index in [-0.39, 0.29) is 11.8 Å². The van der Waals surface area contributed by atoms with E-state index < -0.39 is 12.1 Å². The summed E-state index contributed by atoms with van der Waals surface area (Å²) in [6, 6.07) is 15.7. The number of carbonyl (C=O) groups is 1. The molecule has 1 amide bonds. The van der Waals surface area contributed by atoms with E-state index in [9.17, 15) is 9.90 Å². The molecule has 1 saturated heterocycles. The van der Waals surface area contributed by atoms with Crippen LogP contribution in [0.2, 0.25) is 0 Å². The van der Waals surface area contributed by atoms with E-state index in [1.165, 1.54) is 11.1 Å². The highest BCUT2D eigenvalue weighted by Gasteiger charge is 2.34. The van der Waals surface area contributed by atoms with Gasteiger partial charge in [-0.2, -0.15) is 4.98 Å². The molecule has 5 rings (SSSR count). The molecule has 3 aromatic carbocycles. The number of ether oxygens (including phenoxy) is 4. The largest absolute Gasteiger partial charge is 0.497 e. The van der Waals surface area contributed by atoms with Crippen LogP contribution < -0.4 is 29.2 Å². The van der Waals surface area contributed by atoms with Crippen LogP contribution in [0, 0.1) is 20.8 Å². The third-order valence-electron chi connectivity index (χ3n) is 8.99. The zero-order valence-corrected chi connectivity index (χ0v) is 30.0. The summed E-state index contributed by atoms with van der Waals surface area (Å²) in [5.74, 6) is 2.68. The van der Waals surface area contributed by atoms with Crippen LogP contribution in [0.15, 0.2) is 60.8 Å². The first-order valence-corrected chi connectivity index (χ1v) is 16.8. The maximum Gasteiger partial charge on any atom is 0.413 e.